The van der Waals surface area contributed by atoms with Gasteiger partial charge in [0, 0.05) is 6.42 Å². The van der Waals surface area contributed by atoms with Gasteiger partial charge < -0.3 is 9.84 Å². The van der Waals surface area contributed by atoms with Crippen LogP contribution in [-0.2, 0) is 4.74 Å². The Morgan fingerprint density at radius 2 is 2.06 bits per heavy atom. The number of hydrogen-bond donors (Lipinski definition) is 1. The molecular weight excluding hydrogens is 212 g/mol. The zero-order valence-electron chi connectivity index (χ0n) is 11.2. The molecule has 0 aromatic rings. The molecule has 5 atom stereocenters. The van der Waals surface area contributed by atoms with E-state index in [4.69, 9.17) is 4.74 Å². The van der Waals surface area contributed by atoms with Crippen LogP contribution in [0.5, 0.6) is 0 Å². The van der Waals surface area contributed by atoms with Crippen molar-refractivity contribution in [2.45, 2.75) is 64.3 Å². The van der Waals surface area contributed by atoms with Crippen LogP contribution in [0.3, 0.4) is 0 Å². The molecule has 1 heterocycles. The molecule has 1 unspecified atom stereocenters. The van der Waals surface area contributed by atoms with Crippen molar-refractivity contribution >= 4 is 0 Å². The lowest BCUT2D eigenvalue weighted by Crippen LogP contribution is -2.46. The summed E-state index contributed by atoms with van der Waals surface area (Å²) in [4.78, 5) is 0. The van der Waals surface area contributed by atoms with Gasteiger partial charge >= 0.3 is 0 Å². The van der Waals surface area contributed by atoms with Crippen LogP contribution < -0.4 is 0 Å². The maximum atomic E-state index is 10.2. The van der Waals surface area contributed by atoms with Crippen molar-refractivity contribution in [2.24, 2.45) is 17.3 Å². The minimum Gasteiger partial charge on any atom is -0.389 e. The third-order valence-electron chi connectivity index (χ3n) is 5.56. The van der Waals surface area contributed by atoms with Crippen LogP contribution in [0.25, 0.3) is 0 Å². The third kappa shape index (κ3) is 1.68. The second-order valence-corrected chi connectivity index (χ2v) is 7.19. The highest BCUT2D eigenvalue weighted by atomic mass is 16.6. The molecule has 96 valence electrons. The number of epoxide rings is 1. The molecule has 1 aliphatic heterocycles. The summed E-state index contributed by atoms with van der Waals surface area (Å²) in [5, 5.41) is 10.2. The van der Waals surface area contributed by atoms with Gasteiger partial charge in [-0.15, -0.1) is 0 Å². The summed E-state index contributed by atoms with van der Waals surface area (Å²) in [6.07, 6.45) is 4.20. The Bertz CT molecular complexity index is 360. The first kappa shape index (κ1) is 11.7. The monoisotopic (exact) mass is 236 g/mol. The molecular formula is C15H24O2. The van der Waals surface area contributed by atoms with E-state index in [-0.39, 0.29) is 17.8 Å². The summed E-state index contributed by atoms with van der Waals surface area (Å²) in [5.41, 5.74) is 1.52. The van der Waals surface area contributed by atoms with E-state index in [1.807, 2.05) is 0 Å². The van der Waals surface area contributed by atoms with Crippen LogP contribution >= 0.6 is 0 Å². The van der Waals surface area contributed by atoms with Crippen molar-refractivity contribution < 1.29 is 9.84 Å². The summed E-state index contributed by atoms with van der Waals surface area (Å²) in [7, 11) is 0. The molecule has 1 N–H and O–H groups in total. The van der Waals surface area contributed by atoms with E-state index in [0.29, 0.717) is 17.3 Å². The molecule has 2 saturated carbocycles. The zero-order valence-corrected chi connectivity index (χ0v) is 11.2. The van der Waals surface area contributed by atoms with Gasteiger partial charge in [0.05, 0.1) is 17.8 Å². The molecule has 3 rings (SSSR count). The minimum absolute atomic E-state index is 0.0435. The van der Waals surface area contributed by atoms with Crippen LogP contribution in [0.4, 0.5) is 0 Å². The fourth-order valence-electron chi connectivity index (χ4n) is 4.08. The molecule has 0 amide bonds. The summed E-state index contributed by atoms with van der Waals surface area (Å²) >= 11 is 0. The molecule has 17 heavy (non-hydrogen) atoms. The first-order valence-electron chi connectivity index (χ1n) is 6.88. The Hall–Kier alpha value is -0.340. The van der Waals surface area contributed by atoms with Gasteiger partial charge in [-0.2, -0.15) is 0 Å². The maximum absolute atomic E-state index is 10.2. The topological polar surface area (TPSA) is 32.8 Å². The lowest BCUT2D eigenvalue weighted by atomic mass is 9.52. The van der Waals surface area contributed by atoms with Gasteiger partial charge in [0.1, 0.15) is 0 Å². The van der Waals surface area contributed by atoms with Gasteiger partial charge in [0.15, 0.2) is 0 Å². The molecule has 0 spiro atoms. The van der Waals surface area contributed by atoms with E-state index < -0.39 is 0 Å². The fraction of sp³-hybridized carbons (Fsp3) is 0.867. The van der Waals surface area contributed by atoms with Crippen molar-refractivity contribution in [2.75, 3.05) is 0 Å². The van der Waals surface area contributed by atoms with E-state index in [1.54, 1.807) is 0 Å². The Morgan fingerprint density at radius 3 is 2.71 bits per heavy atom. The lowest BCUT2D eigenvalue weighted by Gasteiger charge is -2.53. The van der Waals surface area contributed by atoms with Crippen molar-refractivity contribution in [3.63, 3.8) is 0 Å². The summed E-state index contributed by atoms with van der Waals surface area (Å²) in [5.74, 6) is 1.23. The first-order chi connectivity index (χ1) is 7.83. The Morgan fingerprint density at radius 1 is 1.35 bits per heavy atom. The highest BCUT2D eigenvalue weighted by Gasteiger charge is 2.57. The summed E-state index contributed by atoms with van der Waals surface area (Å²) in [6, 6.07) is 0. The number of fused-ring (bicyclic) bond motifs is 2. The minimum atomic E-state index is -0.358. The van der Waals surface area contributed by atoms with E-state index >= 15 is 0 Å². The zero-order chi connectivity index (χ0) is 12.4. The van der Waals surface area contributed by atoms with Gasteiger partial charge in [-0.3, -0.25) is 0 Å². The van der Waals surface area contributed by atoms with Gasteiger partial charge in [-0.1, -0.05) is 20.4 Å². The normalized spacial score (nSPS) is 52.4. The Kier molecular flexibility index (Phi) is 2.32. The number of ether oxygens (including phenoxy) is 1. The first-order valence-corrected chi connectivity index (χ1v) is 6.88. The quantitative estimate of drug-likeness (QED) is 0.518. The fourth-order valence-corrected chi connectivity index (χ4v) is 4.08. The summed E-state index contributed by atoms with van der Waals surface area (Å²) in [6.45, 7) is 11.0. The SMILES string of the molecule is C=C1[C@H]2CC(C)(C)[C@@H]2CC[C@@]2(C)OC2C[C@@H]1O. The lowest BCUT2D eigenvalue weighted by molar-refractivity contribution is -0.0126. The maximum Gasteiger partial charge on any atom is 0.0921 e. The standard InChI is InChI=1S/C15H24O2/c1-9-10-8-14(2,3)11(10)5-6-15(4)13(17-15)7-12(9)16/h10-13,16H,1,5-8H2,2-4H3/t10-,11-,12+,13?,15-/m1/s1. The van der Waals surface area contributed by atoms with Crippen molar-refractivity contribution in [1.29, 1.82) is 0 Å². The average Bonchev–Trinajstić information content (AvgIpc) is 2.84. The van der Waals surface area contributed by atoms with Crippen LogP contribution in [0.1, 0.15) is 46.5 Å². The van der Waals surface area contributed by atoms with Gasteiger partial charge in [0.2, 0.25) is 0 Å². The molecule has 0 aromatic heterocycles. The highest BCUT2D eigenvalue weighted by Crippen LogP contribution is 2.59. The number of aliphatic hydroxyl groups excluding tert-OH is 1. The largest absolute Gasteiger partial charge is 0.389 e. The highest BCUT2D eigenvalue weighted by molar-refractivity contribution is 5.19. The van der Waals surface area contributed by atoms with Crippen LogP contribution in [-0.4, -0.2) is 22.9 Å². The van der Waals surface area contributed by atoms with Crippen molar-refractivity contribution in [3.05, 3.63) is 12.2 Å². The van der Waals surface area contributed by atoms with Crippen LogP contribution in [0.2, 0.25) is 0 Å². The molecule has 3 fully saturated rings. The van der Waals surface area contributed by atoms with Crippen LogP contribution in [0.15, 0.2) is 12.2 Å². The van der Waals surface area contributed by atoms with E-state index in [1.165, 1.54) is 12.8 Å². The molecule has 0 aromatic carbocycles. The van der Waals surface area contributed by atoms with Crippen LogP contribution in [0, 0.1) is 17.3 Å². The average molecular weight is 236 g/mol. The molecule has 2 nitrogen and oxygen atoms in total. The summed E-state index contributed by atoms with van der Waals surface area (Å²) < 4.78 is 5.77. The van der Waals surface area contributed by atoms with Crippen molar-refractivity contribution in [1.82, 2.24) is 0 Å². The smallest absolute Gasteiger partial charge is 0.0921 e. The Balaban J connectivity index is 1.82. The second-order valence-electron chi connectivity index (χ2n) is 7.19. The third-order valence-corrected chi connectivity index (χ3v) is 5.56. The molecule has 1 saturated heterocycles. The molecule has 2 heteroatoms. The van der Waals surface area contributed by atoms with Crippen molar-refractivity contribution in [3.8, 4) is 0 Å². The van der Waals surface area contributed by atoms with E-state index in [2.05, 4.69) is 27.4 Å². The van der Waals surface area contributed by atoms with Gasteiger partial charge in [-0.05, 0) is 49.0 Å². The predicted molar refractivity (Wildman–Crippen MR) is 67.7 cm³/mol. The van der Waals surface area contributed by atoms with Gasteiger partial charge in [0.25, 0.3) is 0 Å². The molecule has 2 aliphatic carbocycles. The predicted octanol–water partition coefficient (Wildman–Crippen LogP) is 2.91. The second kappa shape index (κ2) is 3.36. The Labute approximate surface area is 104 Å². The molecule has 0 radical (unpaired) electrons. The van der Waals surface area contributed by atoms with E-state index in [0.717, 1.165) is 18.4 Å². The number of rotatable bonds is 0. The molecule has 3 aliphatic rings. The number of aliphatic hydroxyl groups is 1. The number of hydrogen-bond acceptors (Lipinski definition) is 2. The van der Waals surface area contributed by atoms with Gasteiger partial charge in [-0.25, -0.2) is 0 Å². The molecule has 0 bridgehead atoms. The van der Waals surface area contributed by atoms with E-state index in [9.17, 15) is 5.11 Å².